The molecular weight excluding hydrogens is 272 g/mol. The van der Waals surface area contributed by atoms with Crippen LogP contribution in [0.1, 0.15) is 12.5 Å². The Kier molecular flexibility index (Phi) is 3.99. The zero-order valence-corrected chi connectivity index (χ0v) is 12.4. The number of benzene rings is 2. The van der Waals surface area contributed by atoms with Crippen LogP contribution in [0.3, 0.4) is 0 Å². The highest BCUT2D eigenvalue weighted by Crippen LogP contribution is 2.28. The van der Waals surface area contributed by atoms with Crippen molar-refractivity contribution < 1.29 is 8.42 Å². The third kappa shape index (κ3) is 2.63. The van der Waals surface area contributed by atoms with Crippen molar-refractivity contribution in [2.24, 2.45) is 0 Å². The molecule has 0 fully saturated rings. The zero-order valence-electron chi connectivity index (χ0n) is 11.6. The van der Waals surface area contributed by atoms with Gasteiger partial charge in [-0.05, 0) is 43.7 Å². The molecule has 0 unspecified atom stereocenters. The van der Waals surface area contributed by atoms with Crippen LogP contribution in [0.2, 0.25) is 0 Å². The second-order valence-electron chi connectivity index (χ2n) is 4.55. The van der Waals surface area contributed by atoms with Gasteiger partial charge in [-0.15, -0.1) is 0 Å². The number of para-hydroxylation sites is 2. The van der Waals surface area contributed by atoms with E-state index < -0.39 is 10.0 Å². The van der Waals surface area contributed by atoms with Gasteiger partial charge in [0.2, 0.25) is 0 Å². The van der Waals surface area contributed by atoms with Crippen LogP contribution in [0.25, 0.3) is 0 Å². The minimum absolute atomic E-state index is 0.280. The van der Waals surface area contributed by atoms with Gasteiger partial charge < -0.3 is 5.73 Å². The van der Waals surface area contributed by atoms with Crippen LogP contribution in [-0.4, -0.2) is 15.0 Å². The third-order valence-electron chi connectivity index (χ3n) is 3.07. The fourth-order valence-electron chi connectivity index (χ4n) is 2.09. The van der Waals surface area contributed by atoms with Crippen LogP contribution >= 0.6 is 0 Å². The normalized spacial score (nSPS) is 11.3. The SMILES string of the molecule is CCN(c1ccccc1N)S(=O)(=O)c1cccc(C)c1. The molecule has 0 bridgehead atoms. The van der Waals surface area contributed by atoms with E-state index >= 15 is 0 Å². The van der Waals surface area contributed by atoms with E-state index in [0.29, 0.717) is 17.9 Å². The van der Waals surface area contributed by atoms with Gasteiger partial charge in [0.1, 0.15) is 0 Å². The number of aryl methyl sites for hydroxylation is 1. The van der Waals surface area contributed by atoms with Crippen LogP contribution in [0.5, 0.6) is 0 Å². The first kappa shape index (κ1) is 14.4. The van der Waals surface area contributed by atoms with Gasteiger partial charge in [-0.3, -0.25) is 4.31 Å². The number of sulfonamides is 1. The lowest BCUT2D eigenvalue weighted by Gasteiger charge is -2.24. The number of hydrogen-bond acceptors (Lipinski definition) is 3. The standard InChI is InChI=1S/C15H18N2O2S/c1-3-17(15-10-5-4-9-14(15)16)20(18,19)13-8-6-7-12(2)11-13/h4-11H,3,16H2,1-2H3. The Balaban J connectivity index is 2.54. The average molecular weight is 290 g/mol. The Labute approximate surface area is 119 Å². The molecule has 2 N–H and O–H groups in total. The van der Waals surface area contributed by atoms with Gasteiger partial charge in [-0.2, -0.15) is 0 Å². The summed E-state index contributed by atoms with van der Waals surface area (Å²) in [5.74, 6) is 0. The van der Waals surface area contributed by atoms with Crippen molar-refractivity contribution in [1.82, 2.24) is 0 Å². The molecule has 2 rings (SSSR count). The summed E-state index contributed by atoms with van der Waals surface area (Å²) in [4.78, 5) is 0.280. The van der Waals surface area contributed by atoms with Gasteiger partial charge >= 0.3 is 0 Å². The molecule has 0 saturated heterocycles. The number of nitrogen functional groups attached to an aromatic ring is 1. The van der Waals surface area contributed by atoms with E-state index in [1.807, 2.05) is 13.0 Å². The smallest absolute Gasteiger partial charge is 0.264 e. The monoisotopic (exact) mass is 290 g/mol. The van der Waals surface area contributed by atoms with E-state index in [1.165, 1.54) is 4.31 Å². The summed E-state index contributed by atoms with van der Waals surface area (Å²) in [7, 11) is -3.60. The molecule has 4 nitrogen and oxygen atoms in total. The topological polar surface area (TPSA) is 63.4 Å². The largest absolute Gasteiger partial charge is 0.397 e. The summed E-state index contributed by atoms with van der Waals surface area (Å²) in [6, 6.07) is 13.8. The van der Waals surface area contributed by atoms with Gasteiger partial charge in [0.25, 0.3) is 10.0 Å². The predicted octanol–water partition coefficient (Wildman–Crippen LogP) is 2.79. The maximum atomic E-state index is 12.7. The Morgan fingerprint density at radius 2 is 1.80 bits per heavy atom. The van der Waals surface area contributed by atoms with E-state index in [0.717, 1.165) is 5.56 Å². The number of anilines is 2. The fourth-order valence-corrected chi connectivity index (χ4v) is 3.69. The highest BCUT2D eigenvalue weighted by atomic mass is 32.2. The zero-order chi connectivity index (χ0) is 14.8. The summed E-state index contributed by atoms with van der Waals surface area (Å²) in [5.41, 5.74) is 7.76. The quantitative estimate of drug-likeness (QED) is 0.881. The summed E-state index contributed by atoms with van der Waals surface area (Å²) in [5, 5.41) is 0. The highest BCUT2D eigenvalue weighted by Gasteiger charge is 2.24. The molecule has 106 valence electrons. The van der Waals surface area contributed by atoms with Gasteiger partial charge in [-0.25, -0.2) is 8.42 Å². The lowest BCUT2D eigenvalue weighted by Crippen LogP contribution is -2.31. The lowest BCUT2D eigenvalue weighted by molar-refractivity contribution is 0.592. The first-order valence-corrected chi connectivity index (χ1v) is 7.84. The van der Waals surface area contributed by atoms with E-state index in [9.17, 15) is 8.42 Å². The molecule has 0 aliphatic heterocycles. The molecular formula is C15H18N2O2S. The van der Waals surface area contributed by atoms with E-state index in [2.05, 4.69) is 0 Å². The molecule has 0 spiro atoms. The maximum Gasteiger partial charge on any atom is 0.264 e. The molecule has 0 atom stereocenters. The first-order chi connectivity index (χ1) is 9.46. The summed E-state index contributed by atoms with van der Waals surface area (Å²) in [6.07, 6.45) is 0. The second kappa shape index (κ2) is 5.54. The molecule has 0 heterocycles. The number of nitrogens with zero attached hydrogens (tertiary/aromatic N) is 1. The van der Waals surface area contributed by atoms with Crippen molar-refractivity contribution in [1.29, 1.82) is 0 Å². The highest BCUT2D eigenvalue weighted by molar-refractivity contribution is 7.92. The molecule has 0 amide bonds. The lowest BCUT2D eigenvalue weighted by atomic mass is 10.2. The minimum atomic E-state index is -3.60. The molecule has 0 aliphatic carbocycles. The van der Waals surface area contributed by atoms with Gasteiger partial charge in [0, 0.05) is 6.54 Å². The Morgan fingerprint density at radius 3 is 2.40 bits per heavy atom. The van der Waals surface area contributed by atoms with Crippen molar-refractivity contribution in [3.05, 3.63) is 54.1 Å². The maximum absolute atomic E-state index is 12.7. The van der Waals surface area contributed by atoms with Crippen molar-refractivity contribution in [3.63, 3.8) is 0 Å². The first-order valence-electron chi connectivity index (χ1n) is 6.40. The Morgan fingerprint density at radius 1 is 1.10 bits per heavy atom. The summed E-state index contributed by atoms with van der Waals surface area (Å²) in [6.45, 7) is 3.98. The minimum Gasteiger partial charge on any atom is -0.397 e. The van der Waals surface area contributed by atoms with Gasteiger partial charge in [0.15, 0.2) is 0 Å². The molecule has 20 heavy (non-hydrogen) atoms. The third-order valence-corrected chi connectivity index (χ3v) is 4.96. The molecule has 2 aromatic carbocycles. The average Bonchev–Trinajstić information content (AvgIpc) is 2.41. The Hall–Kier alpha value is -2.01. The van der Waals surface area contributed by atoms with Crippen molar-refractivity contribution in [2.75, 3.05) is 16.6 Å². The predicted molar refractivity (Wildman–Crippen MR) is 82.2 cm³/mol. The molecule has 2 aromatic rings. The van der Waals surface area contributed by atoms with Crippen LogP contribution in [0, 0.1) is 6.92 Å². The van der Waals surface area contributed by atoms with Crippen molar-refractivity contribution >= 4 is 21.4 Å². The van der Waals surface area contributed by atoms with Gasteiger partial charge in [0.05, 0.1) is 16.3 Å². The summed E-state index contributed by atoms with van der Waals surface area (Å²) >= 11 is 0. The van der Waals surface area contributed by atoms with Crippen LogP contribution < -0.4 is 10.0 Å². The number of rotatable bonds is 4. The summed E-state index contributed by atoms with van der Waals surface area (Å²) < 4.78 is 26.8. The molecule has 5 heteroatoms. The second-order valence-corrected chi connectivity index (χ2v) is 6.41. The molecule has 0 saturated carbocycles. The molecule has 0 aliphatic rings. The number of nitrogens with two attached hydrogens (primary N) is 1. The van der Waals surface area contributed by atoms with Crippen LogP contribution in [-0.2, 0) is 10.0 Å². The van der Waals surface area contributed by atoms with E-state index in [4.69, 9.17) is 5.73 Å². The van der Waals surface area contributed by atoms with Crippen molar-refractivity contribution in [3.8, 4) is 0 Å². The van der Waals surface area contributed by atoms with E-state index in [-0.39, 0.29) is 4.90 Å². The van der Waals surface area contributed by atoms with Crippen LogP contribution in [0.4, 0.5) is 11.4 Å². The van der Waals surface area contributed by atoms with Crippen molar-refractivity contribution in [2.45, 2.75) is 18.7 Å². The number of hydrogen-bond donors (Lipinski definition) is 1. The van der Waals surface area contributed by atoms with Crippen LogP contribution in [0.15, 0.2) is 53.4 Å². The fraction of sp³-hybridized carbons (Fsp3) is 0.200. The Bertz CT molecular complexity index is 711. The molecule has 0 radical (unpaired) electrons. The van der Waals surface area contributed by atoms with E-state index in [1.54, 1.807) is 49.4 Å². The van der Waals surface area contributed by atoms with Gasteiger partial charge in [-0.1, -0.05) is 24.3 Å². The molecule has 0 aromatic heterocycles.